The monoisotopic (exact) mass is 251 g/mol. The summed E-state index contributed by atoms with van der Waals surface area (Å²) in [4.78, 5) is 13.7. The number of amides is 1. The van der Waals surface area contributed by atoms with Gasteiger partial charge in [0.25, 0.3) is 0 Å². The van der Waals surface area contributed by atoms with Gasteiger partial charge >= 0.3 is 0 Å². The molecule has 0 heterocycles. The van der Waals surface area contributed by atoms with Crippen molar-refractivity contribution in [2.24, 2.45) is 0 Å². The second-order valence-electron chi connectivity index (χ2n) is 4.42. The van der Waals surface area contributed by atoms with Gasteiger partial charge in [-0.25, -0.2) is 0 Å². The molecular formula is C17H17NO. The van der Waals surface area contributed by atoms with Crippen LogP contribution in [-0.2, 0) is 11.3 Å². The summed E-state index contributed by atoms with van der Waals surface area (Å²) in [6.07, 6.45) is 3.45. The van der Waals surface area contributed by atoms with E-state index < -0.39 is 0 Å². The zero-order valence-electron chi connectivity index (χ0n) is 11.0. The van der Waals surface area contributed by atoms with Crippen molar-refractivity contribution >= 4 is 12.0 Å². The Labute approximate surface area is 114 Å². The molecule has 0 spiro atoms. The SMILES string of the molecule is CN(Cc1ccccc1)C(=O)/C=C/c1ccccc1. The van der Waals surface area contributed by atoms with Crippen LogP contribution >= 0.6 is 0 Å². The minimum atomic E-state index is 0.00714. The van der Waals surface area contributed by atoms with Crippen LogP contribution in [0.3, 0.4) is 0 Å². The van der Waals surface area contributed by atoms with E-state index in [2.05, 4.69) is 0 Å². The Hall–Kier alpha value is -2.35. The number of nitrogens with zero attached hydrogens (tertiary/aromatic N) is 1. The van der Waals surface area contributed by atoms with Crippen molar-refractivity contribution in [3.63, 3.8) is 0 Å². The first-order chi connectivity index (χ1) is 9.25. The fraction of sp³-hybridized carbons (Fsp3) is 0.118. The first-order valence-corrected chi connectivity index (χ1v) is 6.28. The van der Waals surface area contributed by atoms with Crippen LogP contribution in [0.15, 0.2) is 66.7 Å². The number of hydrogen-bond acceptors (Lipinski definition) is 1. The van der Waals surface area contributed by atoms with Crippen LogP contribution in [0.25, 0.3) is 6.08 Å². The third-order valence-corrected chi connectivity index (χ3v) is 2.86. The summed E-state index contributed by atoms with van der Waals surface area (Å²) in [7, 11) is 1.81. The van der Waals surface area contributed by atoms with Crippen LogP contribution < -0.4 is 0 Å². The van der Waals surface area contributed by atoms with Gasteiger partial charge in [0.05, 0.1) is 0 Å². The normalized spacial score (nSPS) is 10.6. The molecule has 0 aliphatic heterocycles. The minimum absolute atomic E-state index is 0.00714. The maximum atomic E-state index is 12.0. The number of rotatable bonds is 4. The minimum Gasteiger partial charge on any atom is -0.338 e. The van der Waals surface area contributed by atoms with Gasteiger partial charge in [-0.15, -0.1) is 0 Å². The lowest BCUT2D eigenvalue weighted by Gasteiger charge is -2.14. The molecule has 2 aromatic carbocycles. The molecule has 2 nitrogen and oxygen atoms in total. The van der Waals surface area contributed by atoms with Crippen LogP contribution in [0.2, 0.25) is 0 Å². The largest absolute Gasteiger partial charge is 0.338 e. The van der Waals surface area contributed by atoms with E-state index in [1.54, 1.807) is 11.0 Å². The molecule has 0 saturated carbocycles. The second-order valence-corrected chi connectivity index (χ2v) is 4.42. The van der Waals surface area contributed by atoms with E-state index in [0.717, 1.165) is 11.1 Å². The van der Waals surface area contributed by atoms with Crippen molar-refractivity contribution in [2.45, 2.75) is 6.54 Å². The molecule has 0 unspecified atom stereocenters. The maximum absolute atomic E-state index is 12.0. The third-order valence-electron chi connectivity index (χ3n) is 2.86. The predicted octanol–water partition coefficient (Wildman–Crippen LogP) is 3.36. The lowest BCUT2D eigenvalue weighted by molar-refractivity contribution is -0.125. The van der Waals surface area contributed by atoms with Crippen LogP contribution in [0.1, 0.15) is 11.1 Å². The quantitative estimate of drug-likeness (QED) is 0.763. The van der Waals surface area contributed by atoms with Crippen molar-refractivity contribution in [1.29, 1.82) is 0 Å². The van der Waals surface area contributed by atoms with Gasteiger partial charge in [-0.05, 0) is 17.2 Å². The summed E-state index contributed by atoms with van der Waals surface area (Å²) < 4.78 is 0. The number of carbonyl (C=O) groups excluding carboxylic acids is 1. The molecular weight excluding hydrogens is 234 g/mol. The van der Waals surface area contributed by atoms with E-state index in [0.29, 0.717) is 6.54 Å². The molecule has 2 heteroatoms. The van der Waals surface area contributed by atoms with Gasteiger partial charge in [0.1, 0.15) is 0 Å². The van der Waals surface area contributed by atoms with Crippen molar-refractivity contribution in [3.8, 4) is 0 Å². The Morgan fingerprint density at radius 1 is 1.00 bits per heavy atom. The first-order valence-electron chi connectivity index (χ1n) is 6.28. The molecule has 2 rings (SSSR count). The summed E-state index contributed by atoms with van der Waals surface area (Å²) in [6.45, 7) is 0.624. The van der Waals surface area contributed by atoms with Gasteiger partial charge in [0.15, 0.2) is 0 Å². The average Bonchev–Trinajstić information content (AvgIpc) is 2.47. The number of benzene rings is 2. The Morgan fingerprint density at radius 3 is 2.21 bits per heavy atom. The molecule has 0 fully saturated rings. The fourth-order valence-corrected chi connectivity index (χ4v) is 1.79. The lowest BCUT2D eigenvalue weighted by atomic mass is 10.2. The van der Waals surface area contributed by atoms with E-state index in [1.165, 1.54) is 0 Å². The summed E-state index contributed by atoms with van der Waals surface area (Å²) in [5.74, 6) is 0.00714. The lowest BCUT2D eigenvalue weighted by Crippen LogP contribution is -2.23. The van der Waals surface area contributed by atoms with E-state index >= 15 is 0 Å². The third kappa shape index (κ3) is 4.11. The van der Waals surface area contributed by atoms with Crippen molar-refractivity contribution < 1.29 is 4.79 Å². The van der Waals surface area contributed by atoms with Gasteiger partial charge in [-0.1, -0.05) is 60.7 Å². The Kier molecular flexibility index (Phi) is 4.51. The number of hydrogen-bond donors (Lipinski definition) is 0. The highest BCUT2D eigenvalue weighted by atomic mass is 16.2. The van der Waals surface area contributed by atoms with Gasteiger partial charge in [-0.3, -0.25) is 4.79 Å². The molecule has 96 valence electrons. The second kappa shape index (κ2) is 6.55. The Bertz CT molecular complexity index is 546. The topological polar surface area (TPSA) is 20.3 Å². The van der Waals surface area contributed by atoms with Crippen molar-refractivity contribution in [2.75, 3.05) is 7.05 Å². The van der Waals surface area contributed by atoms with E-state index in [9.17, 15) is 4.79 Å². The van der Waals surface area contributed by atoms with E-state index in [-0.39, 0.29) is 5.91 Å². The molecule has 1 amide bonds. The molecule has 19 heavy (non-hydrogen) atoms. The van der Waals surface area contributed by atoms with Crippen LogP contribution in [0, 0.1) is 0 Å². The molecule has 0 aliphatic rings. The zero-order valence-corrected chi connectivity index (χ0v) is 11.0. The van der Waals surface area contributed by atoms with Gasteiger partial charge in [0.2, 0.25) is 5.91 Å². The Balaban J connectivity index is 1.95. The van der Waals surface area contributed by atoms with Crippen LogP contribution in [0.4, 0.5) is 0 Å². The molecule has 0 bridgehead atoms. The molecule has 0 atom stereocenters. The molecule has 0 radical (unpaired) electrons. The zero-order chi connectivity index (χ0) is 13.5. The summed E-state index contributed by atoms with van der Waals surface area (Å²) >= 11 is 0. The average molecular weight is 251 g/mol. The predicted molar refractivity (Wildman–Crippen MR) is 78.4 cm³/mol. The Morgan fingerprint density at radius 2 is 1.58 bits per heavy atom. The molecule has 0 aliphatic carbocycles. The molecule has 0 saturated heterocycles. The number of carbonyl (C=O) groups is 1. The standard InChI is InChI=1S/C17H17NO/c1-18(14-16-10-6-3-7-11-16)17(19)13-12-15-8-4-2-5-9-15/h2-13H,14H2,1H3/b13-12+. The molecule has 0 N–H and O–H groups in total. The van der Waals surface area contributed by atoms with Crippen LogP contribution in [-0.4, -0.2) is 17.9 Å². The highest BCUT2D eigenvalue weighted by Gasteiger charge is 2.04. The molecule has 2 aromatic rings. The number of likely N-dealkylation sites (N-methyl/N-ethyl adjacent to an activating group) is 1. The highest BCUT2D eigenvalue weighted by molar-refractivity contribution is 5.91. The molecule has 0 aromatic heterocycles. The van der Waals surface area contributed by atoms with Crippen molar-refractivity contribution in [1.82, 2.24) is 4.90 Å². The van der Waals surface area contributed by atoms with E-state index in [4.69, 9.17) is 0 Å². The summed E-state index contributed by atoms with van der Waals surface area (Å²) in [5, 5.41) is 0. The first kappa shape index (κ1) is 13.1. The smallest absolute Gasteiger partial charge is 0.246 e. The van der Waals surface area contributed by atoms with E-state index in [1.807, 2.05) is 73.8 Å². The summed E-state index contributed by atoms with van der Waals surface area (Å²) in [6, 6.07) is 19.8. The maximum Gasteiger partial charge on any atom is 0.246 e. The van der Waals surface area contributed by atoms with Gasteiger partial charge in [-0.2, -0.15) is 0 Å². The highest BCUT2D eigenvalue weighted by Crippen LogP contribution is 2.05. The van der Waals surface area contributed by atoms with Gasteiger partial charge < -0.3 is 4.90 Å². The summed E-state index contributed by atoms with van der Waals surface area (Å²) in [5.41, 5.74) is 2.16. The van der Waals surface area contributed by atoms with Gasteiger partial charge in [0, 0.05) is 19.7 Å². The van der Waals surface area contributed by atoms with Crippen molar-refractivity contribution in [3.05, 3.63) is 77.9 Å². The van der Waals surface area contributed by atoms with Crippen LogP contribution in [0.5, 0.6) is 0 Å². The fourth-order valence-electron chi connectivity index (χ4n) is 1.79.